The molecule has 1 saturated heterocycles. The van der Waals surface area contributed by atoms with Crippen molar-refractivity contribution in [3.8, 4) is 0 Å². The Labute approximate surface area is 138 Å². The molecule has 0 saturated carbocycles. The minimum atomic E-state index is 0.164. The molecule has 1 N–H and O–H groups in total. The van der Waals surface area contributed by atoms with E-state index in [1.807, 2.05) is 18.2 Å². The van der Waals surface area contributed by atoms with Gasteiger partial charge in [0.2, 0.25) is 5.91 Å². The first kappa shape index (κ1) is 17.4. The fourth-order valence-electron chi connectivity index (χ4n) is 2.76. The summed E-state index contributed by atoms with van der Waals surface area (Å²) in [5, 5.41) is 3.01. The van der Waals surface area contributed by atoms with Crippen LogP contribution in [0.15, 0.2) is 30.3 Å². The number of rotatable bonds is 8. The monoisotopic (exact) mass is 320 g/mol. The second-order valence-corrected chi connectivity index (χ2v) is 7.00. The average molecular weight is 321 g/mol. The fourth-order valence-corrected chi connectivity index (χ4v) is 3.58. The number of nitrogens with zero attached hydrogens (tertiary/aromatic N) is 1. The first-order valence-electron chi connectivity index (χ1n) is 8.45. The van der Waals surface area contributed by atoms with E-state index >= 15 is 0 Å². The Morgan fingerprint density at radius 1 is 1.09 bits per heavy atom. The van der Waals surface area contributed by atoms with Crippen LogP contribution in [0.25, 0.3) is 0 Å². The minimum absolute atomic E-state index is 0.164. The number of likely N-dealkylation sites (tertiary alicyclic amines) is 1. The Morgan fingerprint density at radius 3 is 2.55 bits per heavy atom. The summed E-state index contributed by atoms with van der Waals surface area (Å²) in [7, 11) is 0. The Hall–Kier alpha value is -1.00. The van der Waals surface area contributed by atoms with E-state index in [0.29, 0.717) is 5.75 Å². The van der Waals surface area contributed by atoms with Gasteiger partial charge in [-0.3, -0.25) is 4.79 Å². The third-order valence-electron chi connectivity index (χ3n) is 4.06. The molecule has 0 bridgehead atoms. The second kappa shape index (κ2) is 10.7. The maximum atomic E-state index is 11.8. The SMILES string of the molecule is O=C(CSCCN1CCCCCC1)NCCc1ccccc1. The van der Waals surface area contributed by atoms with Gasteiger partial charge in [-0.25, -0.2) is 0 Å². The lowest BCUT2D eigenvalue weighted by Crippen LogP contribution is -2.29. The molecule has 0 spiro atoms. The summed E-state index contributed by atoms with van der Waals surface area (Å²) in [6.07, 6.45) is 6.35. The van der Waals surface area contributed by atoms with Gasteiger partial charge in [-0.2, -0.15) is 11.8 Å². The highest BCUT2D eigenvalue weighted by Gasteiger charge is 2.08. The van der Waals surface area contributed by atoms with Gasteiger partial charge in [0, 0.05) is 18.8 Å². The van der Waals surface area contributed by atoms with Crippen LogP contribution in [0.3, 0.4) is 0 Å². The van der Waals surface area contributed by atoms with Gasteiger partial charge in [-0.1, -0.05) is 43.2 Å². The lowest BCUT2D eigenvalue weighted by molar-refractivity contribution is -0.118. The highest BCUT2D eigenvalue weighted by Crippen LogP contribution is 2.10. The van der Waals surface area contributed by atoms with E-state index in [1.165, 1.54) is 44.3 Å². The van der Waals surface area contributed by atoms with E-state index < -0.39 is 0 Å². The number of hydrogen-bond donors (Lipinski definition) is 1. The lowest BCUT2D eigenvalue weighted by atomic mass is 10.1. The van der Waals surface area contributed by atoms with E-state index in [1.54, 1.807) is 11.8 Å². The van der Waals surface area contributed by atoms with Gasteiger partial charge in [0.15, 0.2) is 0 Å². The molecule has 1 fully saturated rings. The number of nitrogens with one attached hydrogen (secondary N) is 1. The van der Waals surface area contributed by atoms with Crippen LogP contribution >= 0.6 is 11.8 Å². The summed E-state index contributed by atoms with van der Waals surface area (Å²) in [5.41, 5.74) is 1.27. The van der Waals surface area contributed by atoms with E-state index in [2.05, 4.69) is 22.3 Å². The smallest absolute Gasteiger partial charge is 0.230 e. The predicted molar refractivity (Wildman–Crippen MR) is 95.4 cm³/mol. The second-order valence-electron chi connectivity index (χ2n) is 5.89. The number of hydrogen-bond acceptors (Lipinski definition) is 3. The number of benzene rings is 1. The van der Waals surface area contributed by atoms with Gasteiger partial charge in [0.25, 0.3) is 0 Å². The molecule has 2 rings (SSSR count). The molecule has 1 aromatic carbocycles. The fraction of sp³-hybridized carbons (Fsp3) is 0.611. The molecule has 0 aliphatic carbocycles. The molecule has 4 heteroatoms. The molecular formula is C18H28N2OS. The van der Waals surface area contributed by atoms with Gasteiger partial charge < -0.3 is 10.2 Å². The maximum absolute atomic E-state index is 11.8. The summed E-state index contributed by atoms with van der Waals surface area (Å²) in [4.78, 5) is 14.3. The first-order chi connectivity index (χ1) is 10.8. The predicted octanol–water partition coefficient (Wildman–Crippen LogP) is 2.95. The van der Waals surface area contributed by atoms with Crippen LogP contribution in [0.1, 0.15) is 31.2 Å². The zero-order valence-electron chi connectivity index (χ0n) is 13.4. The highest BCUT2D eigenvalue weighted by atomic mass is 32.2. The minimum Gasteiger partial charge on any atom is -0.355 e. The van der Waals surface area contributed by atoms with Gasteiger partial charge >= 0.3 is 0 Å². The van der Waals surface area contributed by atoms with Crippen molar-refractivity contribution in [2.45, 2.75) is 32.1 Å². The van der Waals surface area contributed by atoms with Crippen LogP contribution in [-0.4, -0.2) is 48.5 Å². The standard InChI is InChI=1S/C18H28N2OS/c21-18(19-11-10-17-8-4-3-5-9-17)16-22-15-14-20-12-6-1-2-7-13-20/h3-5,8-9H,1-2,6-7,10-16H2,(H,19,21). The highest BCUT2D eigenvalue weighted by molar-refractivity contribution is 7.99. The third-order valence-corrected chi connectivity index (χ3v) is 5.00. The molecule has 0 unspecified atom stereocenters. The van der Waals surface area contributed by atoms with Crippen LogP contribution < -0.4 is 5.32 Å². The van der Waals surface area contributed by atoms with Crippen LogP contribution in [0.2, 0.25) is 0 Å². The Bertz CT molecular complexity index is 416. The van der Waals surface area contributed by atoms with Crippen molar-refractivity contribution >= 4 is 17.7 Å². The molecule has 22 heavy (non-hydrogen) atoms. The molecule has 0 aromatic heterocycles. The summed E-state index contributed by atoms with van der Waals surface area (Å²) in [5.74, 6) is 1.81. The summed E-state index contributed by atoms with van der Waals surface area (Å²) in [6.45, 7) is 4.34. The van der Waals surface area contributed by atoms with Crippen LogP contribution in [-0.2, 0) is 11.2 Å². The number of amides is 1. The van der Waals surface area contributed by atoms with Gasteiger partial charge in [0.1, 0.15) is 0 Å². The van der Waals surface area contributed by atoms with E-state index in [-0.39, 0.29) is 5.91 Å². The summed E-state index contributed by atoms with van der Waals surface area (Å²) in [6, 6.07) is 10.3. The average Bonchev–Trinajstić information content (AvgIpc) is 2.81. The van der Waals surface area contributed by atoms with Gasteiger partial charge in [-0.15, -0.1) is 0 Å². The van der Waals surface area contributed by atoms with Gasteiger partial charge in [0.05, 0.1) is 5.75 Å². The van der Waals surface area contributed by atoms with Crippen LogP contribution in [0.5, 0.6) is 0 Å². The van der Waals surface area contributed by atoms with Crippen molar-refractivity contribution in [3.05, 3.63) is 35.9 Å². The lowest BCUT2D eigenvalue weighted by Gasteiger charge is -2.19. The zero-order valence-corrected chi connectivity index (χ0v) is 14.2. The number of carbonyl (C=O) groups excluding carboxylic acids is 1. The molecule has 1 aromatic rings. The maximum Gasteiger partial charge on any atom is 0.230 e. The molecule has 1 aliphatic heterocycles. The molecule has 3 nitrogen and oxygen atoms in total. The van der Waals surface area contributed by atoms with Crippen molar-refractivity contribution in [3.63, 3.8) is 0 Å². The Balaban J connectivity index is 1.48. The van der Waals surface area contributed by atoms with Gasteiger partial charge in [-0.05, 0) is 37.9 Å². The topological polar surface area (TPSA) is 32.3 Å². The van der Waals surface area contributed by atoms with Crippen LogP contribution in [0.4, 0.5) is 0 Å². The van der Waals surface area contributed by atoms with E-state index in [9.17, 15) is 4.79 Å². The summed E-state index contributed by atoms with van der Waals surface area (Å²) < 4.78 is 0. The number of thioether (sulfide) groups is 1. The molecule has 1 amide bonds. The van der Waals surface area contributed by atoms with Crippen molar-refractivity contribution in [1.82, 2.24) is 10.2 Å². The Kier molecular flexibility index (Phi) is 8.43. The van der Waals surface area contributed by atoms with Crippen molar-refractivity contribution in [2.24, 2.45) is 0 Å². The molecule has 1 aliphatic rings. The quantitative estimate of drug-likeness (QED) is 0.748. The molecule has 0 radical (unpaired) electrons. The molecule has 1 heterocycles. The van der Waals surface area contributed by atoms with E-state index in [4.69, 9.17) is 0 Å². The molecule has 0 atom stereocenters. The first-order valence-corrected chi connectivity index (χ1v) is 9.61. The van der Waals surface area contributed by atoms with Crippen molar-refractivity contribution < 1.29 is 4.79 Å². The number of carbonyl (C=O) groups is 1. The Morgan fingerprint density at radius 2 is 1.82 bits per heavy atom. The van der Waals surface area contributed by atoms with Crippen LogP contribution in [0, 0.1) is 0 Å². The zero-order chi connectivity index (χ0) is 15.5. The van der Waals surface area contributed by atoms with E-state index in [0.717, 1.165) is 25.3 Å². The largest absolute Gasteiger partial charge is 0.355 e. The normalized spacial score (nSPS) is 16.2. The van der Waals surface area contributed by atoms with Crippen molar-refractivity contribution in [1.29, 1.82) is 0 Å². The van der Waals surface area contributed by atoms with Crippen molar-refractivity contribution in [2.75, 3.05) is 37.7 Å². The third kappa shape index (κ3) is 7.32. The molecular weight excluding hydrogens is 292 g/mol. The molecule has 122 valence electrons. The summed E-state index contributed by atoms with van der Waals surface area (Å²) >= 11 is 1.75.